The number of ether oxygens (including phenoxy) is 1. The number of nitrogens with one attached hydrogen (secondary N) is 1. The molecule has 5 nitrogen and oxygen atoms in total. The standard InChI is InChI=1S/C21H19NO4S/c23-21(15-22-27(24,25)20-9-5-2-6-10-20)18-11-13-19(14-12-18)26-16-17-7-3-1-4-8-17/h1-14,22H,15-16H2. The van der Waals surface area contributed by atoms with Crippen LogP contribution in [0.15, 0.2) is 89.8 Å². The summed E-state index contributed by atoms with van der Waals surface area (Å²) in [7, 11) is -3.71. The molecular weight excluding hydrogens is 362 g/mol. The molecule has 3 rings (SSSR count). The Kier molecular flexibility index (Phi) is 6.01. The van der Waals surface area contributed by atoms with E-state index in [0.29, 0.717) is 17.9 Å². The van der Waals surface area contributed by atoms with Gasteiger partial charge in [0, 0.05) is 5.56 Å². The third-order valence-electron chi connectivity index (χ3n) is 3.90. The minimum atomic E-state index is -3.71. The molecule has 0 heterocycles. The molecule has 0 aromatic heterocycles. The number of hydrogen-bond acceptors (Lipinski definition) is 4. The fraction of sp³-hybridized carbons (Fsp3) is 0.0952. The second-order valence-electron chi connectivity index (χ2n) is 5.86. The van der Waals surface area contributed by atoms with Crippen molar-refractivity contribution in [3.63, 3.8) is 0 Å². The van der Waals surface area contributed by atoms with Crippen LogP contribution in [0.1, 0.15) is 15.9 Å². The highest BCUT2D eigenvalue weighted by Crippen LogP contribution is 2.15. The number of carbonyl (C=O) groups is 1. The fourth-order valence-electron chi connectivity index (χ4n) is 2.42. The molecule has 0 spiro atoms. The van der Waals surface area contributed by atoms with Gasteiger partial charge in [0.25, 0.3) is 0 Å². The minimum absolute atomic E-state index is 0.127. The fourth-order valence-corrected chi connectivity index (χ4v) is 3.43. The summed E-state index contributed by atoms with van der Waals surface area (Å²) < 4.78 is 32.3. The van der Waals surface area contributed by atoms with Gasteiger partial charge in [-0.1, -0.05) is 48.5 Å². The average molecular weight is 381 g/mol. The van der Waals surface area contributed by atoms with Gasteiger partial charge in [-0.05, 0) is 42.0 Å². The average Bonchev–Trinajstić information content (AvgIpc) is 2.72. The van der Waals surface area contributed by atoms with Gasteiger partial charge < -0.3 is 4.74 Å². The Morgan fingerprint density at radius 2 is 1.41 bits per heavy atom. The molecule has 3 aromatic carbocycles. The summed E-state index contributed by atoms with van der Waals surface area (Å²) >= 11 is 0. The summed E-state index contributed by atoms with van der Waals surface area (Å²) in [5.41, 5.74) is 1.46. The zero-order valence-corrected chi connectivity index (χ0v) is 15.4. The molecule has 0 saturated heterocycles. The van der Waals surface area contributed by atoms with Crippen molar-refractivity contribution < 1.29 is 17.9 Å². The summed E-state index contributed by atoms with van der Waals surface area (Å²) in [4.78, 5) is 12.4. The van der Waals surface area contributed by atoms with Crippen LogP contribution in [0.25, 0.3) is 0 Å². The molecule has 0 fully saturated rings. The number of ketones is 1. The van der Waals surface area contributed by atoms with Crippen molar-refractivity contribution in [2.45, 2.75) is 11.5 Å². The molecule has 138 valence electrons. The lowest BCUT2D eigenvalue weighted by Crippen LogP contribution is -2.29. The molecule has 3 aromatic rings. The molecule has 0 saturated carbocycles. The van der Waals surface area contributed by atoms with Crippen LogP contribution in [-0.4, -0.2) is 20.7 Å². The maximum atomic E-state index is 12.2. The largest absolute Gasteiger partial charge is 0.489 e. The highest BCUT2D eigenvalue weighted by molar-refractivity contribution is 7.89. The second kappa shape index (κ2) is 8.62. The summed E-state index contributed by atoms with van der Waals surface area (Å²) in [5, 5.41) is 0. The summed E-state index contributed by atoms with van der Waals surface area (Å²) in [6, 6.07) is 24.3. The van der Waals surface area contributed by atoms with Crippen molar-refractivity contribution in [1.29, 1.82) is 0 Å². The molecule has 6 heteroatoms. The first kappa shape index (κ1) is 18.8. The summed E-state index contributed by atoms with van der Waals surface area (Å²) in [5.74, 6) is 0.324. The zero-order valence-electron chi connectivity index (χ0n) is 14.5. The Bertz CT molecular complexity index is 985. The first-order valence-electron chi connectivity index (χ1n) is 8.39. The summed E-state index contributed by atoms with van der Waals surface area (Å²) in [6.07, 6.45) is 0. The molecule has 0 unspecified atom stereocenters. The van der Waals surface area contributed by atoms with Crippen molar-refractivity contribution in [2.24, 2.45) is 0 Å². The lowest BCUT2D eigenvalue weighted by molar-refractivity contribution is 0.0997. The number of hydrogen-bond donors (Lipinski definition) is 1. The van der Waals surface area contributed by atoms with Crippen LogP contribution in [0.5, 0.6) is 5.75 Å². The van der Waals surface area contributed by atoms with Crippen molar-refractivity contribution in [1.82, 2.24) is 4.72 Å². The third-order valence-corrected chi connectivity index (χ3v) is 5.32. The van der Waals surface area contributed by atoms with E-state index in [2.05, 4.69) is 4.72 Å². The van der Waals surface area contributed by atoms with Crippen LogP contribution < -0.4 is 9.46 Å². The minimum Gasteiger partial charge on any atom is -0.489 e. The number of sulfonamides is 1. The maximum Gasteiger partial charge on any atom is 0.240 e. The maximum absolute atomic E-state index is 12.2. The molecule has 0 aliphatic heterocycles. The Morgan fingerprint density at radius 3 is 2.04 bits per heavy atom. The molecule has 1 N–H and O–H groups in total. The number of rotatable bonds is 8. The van der Waals surface area contributed by atoms with Crippen LogP contribution in [0, 0.1) is 0 Å². The van der Waals surface area contributed by atoms with E-state index in [1.165, 1.54) is 12.1 Å². The highest BCUT2D eigenvalue weighted by Gasteiger charge is 2.15. The normalized spacial score (nSPS) is 11.1. The third kappa shape index (κ3) is 5.26. The van der Waals surface area contributed by atoms with Gasteiger partial charge in [-0.15, -0.1) is 0 Å². The molecule has 0 atom stereocenters. The lowest BCUT2D eigenvalue weighted by Gasteiger charge is -2.08. The topological polar surface area (TPSA) is 72.5 Å². The van der Waals surface area contributed by atoms with Gasteiger partial charge in [0.15, 0.2) is 5.78 Å². The molecule has 0 bridgehead atoms. The van der Waals surface area contributed by atoms with Gasteiger partial charge in [-0.2, -0.15) is 0 Å². The predicted molar refractivity (Wildman–Crippen MR) is 103 cm³/mol. The van der Waals surface area contributed by atoms with E-state index in [1.54, 1.807) is 42.5 Å². The van der Waals surface area contributed by atoms with Crippen molar-refractivity contribution >= 4 is 15.8 Å². The first-order valence-corrected chi connectivity index (χ1v) is 9.88. The van der Waals surface area contributed by atoms with E-state index >= 15 is 0 Å². The van der Waals surface area contributed by atoms with Crippen LogP contribution >= 0.6 is 0 Å². The highest BCUT2D eigenvalue weighted by atomic mass is 32.2. The molecular formula is C21H19NO4S. The van der Waals surface area contributed by atoms with E-state index in [4.69, 9.17) is 4.74 Å². The Labute approximate surface area is 158 Å². The van der Waals surface area contributed by atoms with E-state index in [1.807, 2.05) is 30.3 Å². The Morgan fingerprint density at radius 1 is 0.815 bits per heavy atom. The molecule has 0 aliphatic rings. The van der Waals surface area contributed by atoms with Crippen LogP contribution in [0.4, 0.5) is 0 Å². The lowest BCUT2D eigenvalue weighted by atomic mass is 10.1. The second-order valence-corrected chi connectivity index (χ2v) is 7.63. The van der Waals surface area contributed by atoms with Gasteiger partial charge in [0.05, 0.1) is 11.4 Å². The SMILES string of the molecule is O=C(CNS(=O)(=O)c1ccccc1)c1ccc(OCc2ccccc2)cc1. The van der Waals surface area contributed by atoms with E-state index in [0.717, 1.165) is 5.56 Å². The van der Waals surface area contributed by atoms with Gasteiger partial charge in [0.1, 0.15) is 12.4 Å². The number of benzene rings is 3. The Hall–Kier alpha value is -2.96. The van der Waals surface area contributed by atoms with E-state index in [9.17, 15) is 13.2 Å². The number of Topliss-reactive ketones (excluding diaryl/α,β-unsaturated/α-hetero) is 1. The van der Waals surface area contributed by atoms with Gasteiger partial charge in [-0.25, -0.2) is 13.1 Å². The Balaban J connectivity index is 1.56. The molecule has 0 aliphatic carbocycles. The number of carbonyl (C=O) groups excluding carboxylic acids is 1. The van der Waals surface area contributed by atoms with E-state index < -0.39 is 10.0 Å². The molecule has 0 amide bonds. The van der Waals surface area contributed by atoms with E-state index in [-0.39, 0.29) is 17.2 Å². The summed E-state index contributed by atoms with van der Waals surface area (Å²) in [6.45, 7) is 0.131. The molecule has 27 heavy (non-hydrogen) atoms. The van der Waals surface area contributed by atoms with Crippen molar-refractivity contribution in [3.8, 4) is 5.75 Å². The van der Waals surface area contributed by atoms with Gasteiger partial charge >= 0.3 is 0 Å². The van der Waals surface area contributed by atoms with Crippen molar-refractivity contribution in [3.05, 3.63) is 96.1 Å². The van der Waals surface area contributed by atoms with Crippen molar-refractivity contribution in [2.75, 3.05) is 6.54 Å². The van der Waals surface area contributed by atoms with Gasteiger partial charge in [0.2, 0.25) is 10.0 Å². The van der Waals surface area contributed by atoms with Crippen LogP contribution in [-0.2, 0) is 16.6 Å². The first-order chi connectivity index (χ1) is 13.0. The predicted octanol–water partition coefficient (Wildman–Crippen LogP) is 3.43. The van der Waals surface area contributed by atoms with Gasteiger partial charge in [-0.3, -0.25) is 4.79 Å². The quantitative estimate of drug-likeness (QED) is 0.607. The van der Waals surface area contributed by atoms with Crippen LogP contribution in [0.2, 0.25) is 0 Å². The zero-order chi connectivity index (χ0) is 19.1. The van der Waals surface area contributed by atoms with Crippen LogP contribution in [0.3, 0.4) is 0 Å². The monoisotopic (exact) mass is 381 g/mol. The molecule has 0 radical (unpaired) electrons. The smallest absolute Gasteiger partial charge is 0.240 e.